The lowest BCUT2D eigenvalue weighted by Crippen LogP contribution is -2.50. The maximum absolute atomic E-state index is 12.9. The second-order valence-corrected chi connectivity index (χ2v) is 8.80. The molecule has 150 valence electrons. The molecule has 1 aromatic carbocycles. The summed E-state index contributed by atoms with van der Waals surface area (Å²) in [5.74, 6) is -0.938. The second-order valence-electron chi connectivity index (χ2n) is 6.67. The summed E-state index contributed by atoms with van der Waals surface area (Å²) in [5, 5.41) is -1.20. The van der Waals surface area contributed by atoms with Crippen LogP contribution in [-0.4, -0.2) is 57.4 Å². The molecule has 1 saturated heterocycles. The Balaban J connectivity index is 2.05. The highest BCUT2D eigenvalue weighted by atomic mass is 32.2. The summed E-state index contributed by atoms with van der Waals surface area (Å²) in [6.07, 6.45) is 1.65. The van der Waals surface area contributed by atoms with Crippen LogP contribution in [0.15, 0.2) is 29.2 Å². The van der Waals surface area contributed by atoms with Gasteiger partial charge >= 0.3 is 0 Å². The van der Waals surface area contributed by atoms with E-state index in [1.54, 1.807) is 26.4 Å². The molecule has 27 heavy (non-hydrogen) atoms. The normalized spacial score (nSPS) is 18.4. The predicted molar refractivity (Wildman–Crippen MR) is 99.8 cm³/mol. The molecule has 0 bridgehead atoms. The van der Waals surface area contributed by atoms with Crippen LogP contribution in [0.1, 0.15) is 37.7 Å². The zero-order valence-electron chi connectivity index (χ0n) is 16.0. The summed E-state index contributed by atoms with van der Waals surface area (Å²) in [5.41, 5.74) is 0.936. The van der Waals surface area contributed by atoms with Crippen molar-refractivity contribution in [2.24, 2.45) is 0 Å². The molecule has 1 heterocycles. The number of aryl methyl sites for hydroxylation is 1. The number of benzene rings is 1. The van der Waals surface area contributed by atoms with Gasteiger partial charge < -0.3 is 9.47 Å². The quantitative estimate of drug-likeness (QED) is 0.360. The molecule has 0 radical (unpaired) electrons. The van der Waals surface area contributed by atoms with E-state index in [1.807, 2.05) is 6.92 Å². The number of methoxy groups -OCH3 is 2. The first-order valence-corrected chi connectivity index (χ1v) is 10.6. The summed E-state index contributed by atoms with van der Waals surface area (Å²) in [6, 6.07) is 6.42. The number of ether oxygens (including phenoxy) is 2. The maximum atomic E-state index is 12.9. The topological polar surface area (TPSA) is 90.0 Å². The Morgan fingerprint density at radius 2 is 1.74 bits per heavy atom. The zero-order valence-corrected chi connectivity index (χ0v) is 16.8. The molecular formula is C19H27NO6S. The molecule has 0 aliphatic carbocycles. The predicted octanol–water partition coefficient (Wildman–Crippen LogP) is 2.08. The van der Waals surface area contributed by atoms with Crippen LogP contribution in [0.3, 0.4) is 0 Å². The fraction of sp³-hybridized carbons (Fsp3) is 0.579. The molecule has 1 aliphatic rings. The highest BCUT2D eigenvalue weighted by Crippen LogP contribution is 2.26. The molecule has 0 saturated carbocycles. The number of hydrogen-bond donors (Lipinski definition) is 0. The number of amides is 2. The van der Waals surface area contributed by atoms with Gasteiger partial charge in [-0.15, -0.1) is 0 Å². The second kappa shape index (κ2) is 9.43. The van der Waals surface area contributed by atoms with Crippen LogP contribution in [0.4, 0.5) is 0 Å². The molecule has 0 spiro atoms. The lowest BCUT2D eigenvalue weighted by molar-refractivity contribution is -0.147. The number of unbranched alkanes of at least 4 members (excludes halogenated alkanes) is 1. The van der Waals surface area contributed by atoms with Crippen molar-refractivity contribution in [3.05, 3.63) is 29.8 Å². The van der Waals surface area contributed by atoms with Gasteiger partial charge in [0, 0.05) is 27.2 Å². The molecule has 1 atom stereocenters. The zero-order chi connectivity index (χ0) is 20.0. The minimum atomic E-state index is -3.82. The van der Waals surface area contributed by atoms with Crippen LogP contribution in [0.2, 0.25) is 0 Å². The van der Waals surface area contributed by atoms with E-state index < -0.39 is 21.0 Å². The fourth-order valence-electron chi connectivity index (χ4n) is 3.14. The summed E-state index contributed by atoms with van der Waals surface area (Å²) in [7, 11) is -0.724. The van der Waals surface area contributed by atoms with Crippen molar-refractivity contribution in [2.75, 3.05) is 20.8 Å². The minimum absolute atomic E-state index is 0.0276. The van der Waals surface area contributed by atoms with Gasteiger partial charge in [0.1, 0.15) is 5.25 Å². The molecule has 0 aromatic heterocycles. The molecule has 7 nitrogen and oxygen atoms in total. The molecule has 1 fully saturated rings. The van der Waals surface area contributed by atoms with Gasteiger partial charge in [-0.2, -0.15) is 0 Å². The monoisotopic (exact) mass is 397 g/mol. The van der Waals surface area contributed by atoms with Crippen LogP contribution in [0.25, 0.3) is 0 Å². The smallest absolute Gasteiger partial charge is 0.247 e. The van der Waals surface area contributed by atoms with Crippen LogP contribution < -0.4 is 0 Å². The number of likely N-dealkylation sites (tertiary alicyclic amines) is 1. The molecule has 1 aliphatic heterocycles. The summed E-state index contributed by atoms with van der Waals surface area (Å²) >= 11 is 0. The number of imide groups is 1. The van der Waals surface area contributed by atoms with Crippen molar-refractivity contribution in [1.29, 1.82) is 0 Å². The number of hydrogen-bond acceptors (Lipinski definition) is 6. The lowest BCUT2D eigenvalue weighted by Gasteiger charge is -2.30. The lowest BCUT2D eigenvalue weighted by atomic mass is 10.1. The van der Waals surface area contributed by atoms with Gasteiger partial charge in [0.05, 0.1) is 4.90 Å². The van der Waals surface area contributed by atoms with E-state index in [0.717, 1.165) is 10.5 Å². The summed E-state index contributed by atoms with van der Waals surface area (Å²) in [6.45, 7) is 2.07. The van der Waals surface area contributed by atoms with Crippen molar-refractivity contribution >= 4 is 21.7 Å². The van der Waals surface area contributed by atoms with E-state index >= 15 is 0 Å². The Morgan fingerprint density at radius 3 is 2.33 bits per heavy atom. The van der Waals surface area contributed by atoms with Crippen molar-refractivity contribution in [3.63, 3.8) is 0 Å². The first kappa shape index (κ1) is 21.5. The number of piperidine rings is 1. The molecule has 1 unspecified atom stereocenters. The van der Waals surface area contributed by atoms with Crippen molar-refractivity contribution in [3.8, 4) is 0 Å². The van der Waals surface area contributed by atoms with E-state index in [-0.39, 0.29) is 36.5 Å². The van der Waals surface area contributed by atoms with Gasteiger partial charge in [-0.1, -0.05) is 17.7 Å². The summed E-state index contributed by atoms with van der Waals surface area (Å²) in [4.78, 5) is 26.1. The van der Waals surface area contributed by atoms with Gasteiger partial charge in [0.2, 0.25) is 11.8 Å². The van der Waals surface area contributed by atoms with Crippen LogP contribution in [-0.2, 0) is 28.9 Å². The Morgan fingerprint density at radius 1 is 1.11 bits per heavy atom. The van der Waals surface area contributed by atoms with Crippen molar-refractivity contribution in [2.45, 2.75) is 55.5 Å². The van der Waals surface area contributed by atoms with E-state index in [0.29, 0.717) is 19.3 Å². The minimum Gasteiger partial charge on any atom is -0.356 e. The number of carbonyl (C=O) groups excluding carboxylic acids is 2. The fourth-order valence-corrected chi connectivity index (χ4v) is 4.80. The first-order chi connectivity index (χ1) is 12.8. The van der Waals surface area contributed by atoms with Crippen molar-refractivity contribution < 1.29 is 27.5 Å². The Kier molecular flexibility index (Phi) is 7.52. The van der Waals surface area contributed by atoms with E-state index in [1.165, 1.54) is 12.1 Å². The average Bonchev–Trinajstić information content (AvgIpc) is 2.64. The van der Waals surface area contributed by atoms with Crippen molar-refractivity contribution in [1.82, 2.24) is 4.90 Å². The number of carbonyl (C=O) groups is 2. The molecule has 2 rings (SSSR count). The Labute approximate surface area is 160 Å². The van der Waals surface area contributed by atoms with Gasteiger partial charge in [0.15, 0.2) is 16.1 Å². The summed E-state index contributed by atoms with van der Waals surface area (Å²) < 4.78 is 35.9. The van der Waals surface area contributed by atoms with E-state index in [2.05, 4.69) is 0 Å². The third-order valence-corrected chi connectivity index (χ3v) is 6.90. The Bertz CT molecular complexity index is 755. The van der Waals surface area contributed by atoms with Gasteiger partial charge in [-0.25, -0.2) is 8.42 Å². The maximum Gasteiger partial charge on any atom is 0.247 e. The largest absolute Gasteiger partial charge is 0.356 e. The van der Waals surface area contributed by atoms with Crippen LogP contribution >= 0.6 is 0 Å². The molecular weight excluding hydrogens is 370 g/mol. The number of sulfone groups is 1. The van der Waals surface area contributed by atoms with Gasteiger partial charge in [0.25, 0.3) is 0 Å². The highest BCUT2D eigenvalue weighted by molar-refractivity contribution is 7.92. The first-order valence-electron chi connectivity index (χ1n) is 9.01. The Hall–Kier alpha value is -1.77. The molecule has 8 heteroatoms. The third kappa shape index (κ3) is 5.15. The molecule has 1 aromatic rings. The van der Waals surface area contributed by atoms with Gasteiger partial charge in [-0.05, 0) is 44.7 Å². The number of rotatable bonds is 9. The highest BCUT2D eigenvalue weighted by Gasteiger charge is 2.42. The SMILES string of the molecule is COC(CCCCN1C(=O)CCC(S(=O)(=O)c2ccc(C)cc2)C1=O)OC. The van der Waals surface area contributed by atoms with E-state index in [4.69, 9.17) is 9.47 Å². The van der Waals surface area contributed by atoms with Crippen LogP contribution in [0, 0.1) is 6.92 Å². The average molecular weight is 397 g/mol. The van der Waals surface area contributed by atoms with Gasteiger partial charge in [-0.3, -0.25) is 14.5 Å². The van der Waals surface area contributed by atoms with E-state index in [9.17, 15) is 18.0 Å². The standard InChI is InChI=1S/C19H27NO6S/c1-14-7-9-15(10-8-14)27(23,24)16-11-12-17(21)20(19(16)22)13-5-4-6-18(25-2)26-3/h7-10,16,18H,4-6,11-13H2,1-3H3. The number of nitrogens with zero attached hydrogens (tertiary/aromatic N) is 1. The molecule has 0 N–H and O–H groups in total. The van der Waals surface area contributed by atoms with Crippen LogP contribution in [0.5, 0.6) is 0 Å². The molecule has 2 amide bonds. The third-order valence-electron chi connectivity index (χ3n) is 4.78.